The molecule has 2 rings (SSSR count). The molecule has 0 bridgehead atoms. The molecule has 1 heterocycles. The van der Waals surface area contributed by atoms with E-state index < -0.39 is 0 Å². The minimum atomic E-state index is 0.338. The van der Waals surface area contributed by atoms with Gasteiger partial charge in [0.1, 0.15) is 6.07 Å². The van der Waals surface area contributed by atoms with Crippen molar-refractivity contribution in [2.45, 2.75) is 25.8 Å². The zero-order valence-corrected chi connectivity index (χ0v) is 10.6. The summed E-state index contributed by atoms with van der Waals surface area (Å²) in [6.45, 7) is 3.83. The maximum atomic E-state index is 9.10. The second kappa shape index (κ2) is 5.74. The van der Waals surface area contributed by atoms with Crippen LogP contribution < -0.4 is 11.1 Å². The maximum Gasteiger partial charge on any atom is 0.101 e. The van der Waals surface area contributed by atoms with Crippen LogP contribution in [0.15, 0.2) is 18.2 Å². The standard InChI is InChI=1S/C14H19N3O/c1-10(11-4-6-18-7-5-11)17-14-3-2-13(16)8-12(14)9-15/h2-3,8,10-11,17H,4-7,16H2,1H3. The number of anilines is 2. The van der Waals surface area contributed by atoms with Gasteiger partial charge in [-0.1, -0.05) is 0 Å². The van der Waals surface area contributed by atoms with E-state index >= 15 is 0 Å². The lowest BCUT2D eigenvalue weighted by Gasteiger charge is -2.29. The van der Waals surface area contributed by atoms with Crippen LogP contribution in [-0.4, -0.2) is 19.3 Å². The molecule has 18 heavy (non-hydrogen) atoms. The smallest absolute Gasteiger partial charge is 0.101 e. The Bertz CT molecular complexity index is 447. The lowest BCUT2D eigenvalue weighted by Crippen LogP contribution is -2.31. The summed E-state index contributed by atoms with van der Waals surface area (Å²) in [6, 6.07) is 7.92. The van der Waals surface area contributed by atoms with Gasteiger partial charge in [0, 0.05) is 24.9 Å². The SMILES string of the molecule is CC(Nc1ccc(N)cc1C#N)C1CCOCC1. The fourth-order valence-corrected chi connectivity index (χ4v) is 2.36. The van der Waals surface area contributed by atoms with Crippen LogP contribution in [0.3, 0.4) is 0 Å². The largest absolute Gasteiger partial charge is 0.399 e. The van der Waals surface area contributed by atoms with Gasteiger partial charge >= 0.3 is 0 Å². The number of nitrogens with two attached hydrogens (primary N) is 1. The molecule has 1 aromatic rings. The van der Waals surface area contributed by atoms with Gasteiger partial charge in [-0.15, -0.1) is 0 Å². The Kier molecular flexibility index (Phi) is 4.06. The highest BCUT2D eigenvalue weighted by molar-refractivity contribution is 5.63. The Morgan fingerprint density at radius 1 is 1.44 bits per heavy atom. The molecule has 3 N–H and O–H groups in total. The van der Waals surface area contributed by atoms with Gasteiger partial charge in [-0.25, -0.2) is 0 Å². The minimum Gasteiger partial charge on any atom is -0.399 e. The van der Waals surface area contributed by atoms with Crippen molar-refractivity contribution in [3.05, 3.63) is 23.8 Å². The number of hydrogen-bond acceptors (Lipinski definition) is 4. The van der Waals surface area contributed by atoms with E-state index in [1.54, 1.807) is 6.07 Å². The number of rotatable bonds is 3. The Labute approximate surface area is 108 Å². The van der Waals surface area contributed by atoms with E-state index in [0.717, 1.165) is 31.7 Å². The Morgan fingerprint density at radius 3 is 2.83 bits per heavy atom. The van der Waals surface area contributed by atoms with Crippen molar-refractivity contribution in [3.8, 4) is 6.07 Å². The van der Waals surface area contributed by atoms with E-state index in [4.69, 9.17) is 15.7 Å². The summed E-state index contributed by atoms with van der Waals surface area (Å²) in [5.41, 5.74) is 7.77. The zero-order chi connectivity index (χ0) is 13.0. The highest BCUT2D eigenvalue weighted by Gasteiger charge is 2.20. The number of hydrogen-bond donors (Lipinski definition) is 2. The van der Waals surface area contributed by atoms with Gasteiger partial charge in [0.05, 0.1) is 11.3 Å². The number of ether oxygens (including phenoxy) is 1. The molecule has 1 unspecified atom stereocenters. The quantitative estimate of drug-likeness (QED) is 0.802. The van der Waals surface area contributed by atoms with E-state index in [0.29, 0.717) is 23.2 Å². The molecule has 1 saturated heterocycles. The van der Waals surface area contributed by atoms with Gasteiger partial charge in [0.2, 0.25) is 0 Å². The molecule has 4 nitrogen and oxygen atoms in total. The van der Waals surface area contributed by atoms with Crippen molar-refractivity contribution < 1.29 is 4.74 Å². The van der Waals surface area contributed by atoms with Crippen LogP contribution in [0.4, 0.5) is 11.4 Å². The van der Waals surface area contributed by atoms with Crippen molar-refractivity contribution in [3.63, 3.8) is 0 Å². The molecular formula is C14H19N3O. The minimum absolute atomic E-state index is 0.338. The first-order chi connectivity index (χ1) is 8.70. The summed E-state index contributed by atoms with van der Waals surface area (Å²) in [7, 11) is 0. The van der Waals surface area contributed by atoms with E-state index in [-0.39, 0.29) is 0 Å². The number of nitriles is 1. The summed E-state index contributed by atoms with van der Waals surface area (Å²) >= 11 is 0. The van der Waals surface area contributed by atoms with Crippen LogP contribution in [0.5, 0.6) is 0 Å². The Morgan fingerprint density at radius 2 is 2.17 bits per heavy atom. The third kappa shape index (κ3) is 2.93. The molecule has 0 amide bonds. The lowest BCUT2D eigenvalue weighted by molar-refractivity contribution is 0.0622. The van der Waals surface area contributed by atoms with Gasteiger partial charge in [-0.05, 0) is 43.9 Å². The maximum absolute atomic E-state index is 9.10. The van der Waals surface area contributed by atoms with Gasteiger partial charge in [-0.2, -0.15) is 5.26 Å². The number of nitrogens with zero attached hydrogens (tertiary/aromatic N) is 1. The van der Waals surface area contributed by atoms with Crippen LogP contribution in [0.2, 0.25) is 0 Å². The van der Waals surface area contributed by atoms with Gasteiger partial charge in [-0.3, -0.25) is 0 Å². The van der Waals surface area contributed by atoms with Crippen molar-refractivity contribution in [1.29, 1.82) is 5.26 Å². The van der Waals surface area contributed by atoms with E-state index in [2.05, 4.69) is 18.3 Å². The molecule has 4 heteroatoms. The molecule has 1 aliphatic rings. The number of benzene rings is 1. The highest BCUT2D eigenvalue weighted by Crippen LogP contribution is 2.24. The second-order valence-corrected chi connectivity index (χ2v) is 4.80. The molecular weight excluding hydrogens is 226 g/mol. The van der Waals surface area contributed by atoms with Gasteiger partial charge in [0.15, 0.2) is 0 Å². The average Bonchev–Trinajstić information content (AvgIpc) is 2.41. The second-order valence-electron chi connectivity index (χ2n) is 4.80. The molecule has 0 aromatic heterocycles. The molecule has 0 aliphatic carbocycles. The summed E-state index contributed by atoms with van der Waals surface area (Å²) in [6.07, 6.45) is 2.15. The molecule has 1 atom stereocenters. The van der Waals surface area contributed by atoms with E-state index in [1.807, 2.05) is 12.1 Å². The zero-order valence-electron chi connectivity index (χ0n) is 10.6. The summed E-state index contributed by atoms with van der Waals surface area (Å²) in [4.78, 5) is 0. The molecule has 1 aliphatic heterocycles. The lowest BCUT2D eigenvalue weighted by atomic mass is 9.92. The first kappa shape index (κ1) is 12.7. The Hall–Kier alpha value is -1.73. The van der Waals surface area contributed by atoms with E-state index in [1.165, 1.54) is 0 Å². The summed E-state index contributed by atoms with van der Waals surface area (Å²) in [5, 5.41) is 12.5. The predicted molar refractivity (Wildman–Crippen MR) is 72.2 cm³/mol. The first-order valence-electron chi connectivity index (χ1n) is 6.34. The van der Waals surface area contributed by atoms with Crippen molar-refractivity contribution in [2.24, 2.45) is 5.92 Å². The van der Waals surface area contributed by atoms with Crippen LogP contribution in [0, 0.1) is 17.2 Å². The highest BCUT2D eigenvalue weighted by atomic mass is 16.5. The average molecular weight is 245 g/mol. The van der Waals surface area contributed by atoms with Gasteiger partial charge in [0.25, 0.3) is 0 Å². The van der Waals surface area contributed by atoms with Crippen LogP contribution in [0.1, 0.15) is 25.3 Å². The first-order valence-corrected chi connectivity index (χ1v) is 6.34. The molecule has 1 fully saturated rings. The van der Waals surface area contributed by atoms with Crippen LogP contribution >= 0.6 is 0 Å². The van der Waals surface area contributed by atoms with Crippen molar-refractivity contribution >= 4 is 11.4 Å². The van der Waals surface area contributed by atoms with Crippen LogP contribution in [-0.2, 0) is 4.74 Å². The number of nitrogen functional groups attached to an aromatic ring is 1. The monoisotopic (exact) mass is 245 g/mol. The van der Waals surface area contributed by atoms with Crippen LogP contribution in [0.25, 0.3) is 0 Å². The van der Waals surface area contributed by atoms with Crippen molar-refractivity contribution in [2.75, 3.05) is 24.3 Å². The predicted octanol–water partition coefficient (Wildman–Crippen LogP) is 2.37. The molecule has 1 aromatic carbocycles. The van der Waals surface area contributed by atoms with Crippen molar-refractivity contribution in [1.82, 2.24) is 0 Å². The fraction of sp³-hybridized carbons (Fsp3) is 0.500. The summed E-state index contributed by atoms with van der Waals surface area (Å²) < 4.78 is 5.36. The third-order valence-electron chi connectivity index (χ3n) is 3.52. The fourth-order valence-electron chi connectivity index (χ4n) is 2.36. The van der Waals surface area contributed by atoms with E-state index in [9.17, 15) is 0 Å². The molecule has 0 spiro atoms. The molecule has 0 saturated carbocycles. The molecule has 0 radical (unpaired) electrons. The summed E-state index contributed by atoms with van der Waals surface area (Å²) in [5.74, 6) is 0.600. The Balaban J connectivity index is 2.06. The normalized spacial score (nSPS) is 18.0. The van der Waals surface area contributed by atoms with Gasteiger partial charge < -0.3 is 15.8 Å². The third-order valence-corrected chi connectivity index (χ3v) is 3.52. The topological polar surface area (TPSA) is 71.1 Å². The number of nitrogens with one attached hydrogen (secondary N) is 1. The molecule has 96 valence electrons.